The summed E-state index contributed by atoms with van der Waals surface area (Å²) in [5.41, 5.74) is 1.07. The third-order valence-electron chi connectivity index (χ3n) is 3.67. The first-order chi connectivity index (χ1) is 9.60. The summed E-state index contributed by atoms with van der Waals surface area (Å²) in [7, 11) is 1.86. The molecule has 0 spiro atoms. The molecule has 1 amide bonds. The highest BCUT2D eigenvalue weighted by molar-refractivity contribution is 5.86. The minimum atomic E-state index is -0.152. The van der Waals surface area contributed by atoms with Gasteiger partial charge in [0.15, 0.2) is 0 Å². The number of nitrogens with zero attached hydrogens (tertiary/aromatic N) is 3. The molecule has 1 fully saturated rings. The summed E-state index contributed by atoms with van der Waals surface area (Å²) < 4.78 is 0. The molecule has 110 valence electrons. The van der Waals surface area contributed by atoms with E-state index in [0.29, 0.717) is 6.54 Å². The molecule has 2 rings (SSSR count). The zero-order valence-electron chi connectivity index (χ0n) is 12.6. The minimum absolute atomic E-state index is 0.0816. The third-order valence-corrected chi connectivity index (χ3v) is 3.67. The standard InChI is InChI=1S/C14H23N5O/c1-5-10-14(20)16-6-7-19(10)13-11(9(2)3)12(15-4)17-8-18-13/h8-10H,5-7H2,1-4H3,(H,16,20)(H,15,17,18). The fraction of sp³-hybridized carbons (Fsp3) is 0.643. The molecule has 1 aromatic rings. The molecule has 6 nitrogen and oxygen atoms in total. The largest absolute Gasteiger partial charge is 0.373 e. The molecule has 0 aromatic carbocycles. The first-order valence-corrected chi connectivity index (χ1v) is 7.17. The summed E-state index contributed by atoms with van der Waals surface area (Å²) in [5.74, 6) is 2.08. The van der Waals surface area contributed by atoms with Gasteiger partial charge in [-0.1, -0.05) is 20.8 Å². The number of piperazine rings is 1. The molecule has 1 unspecified atom stereocenters. The Bertz CT molecular complexity index is 488. The fourth-order valence-corrected chi connectivity index (χ4v) is 2.72. The van der Waals surface area contributed by atoms with Crippen molar-refractivity contribution in [1.29, 1.82) is 0 Å². The van der Waals surface area contributed by atoms with Gasteiger partial charge < -0.3 is 15.5 Å². The van der Waals surface area contributed by atoms with Crippen molar-refractivity contribution in [3.8, 4) is 0 Å². The molecule has 1 aromatic heterocycles. The predicted molar refractivity (Wildman–Crippen MR) is 80.1 cm³/mol. The van der Waals surface area contributed by atoms with Crippen LogP contribution >= 0.6 is 0 Å². The molecule has 0 aliphatic carbocycles. The summed E-state index contributed by atoms with van der Waals surface area (Å²) in [5, 5.41) is 6.04. The molecule has 0 radical (unpaired) electrons. The molecule has 20 heavy (non-hydrogen) atoms. The van der Waals surface area contributed by atoms with Crippen LogP contribution in [0, 0.1) is 0 Å². The van der Waals surface area contributed by atoms with Gasteiger partial charge in [0.25, 0.3) is 0 Å². The highest BCUT2D eigenvalue weighted by atomic mass is 16.2. The van der Waals surface area contributed by atoms with Crippen LogP contribution in [0.2, 0.25) is 0 Å². The Labute approximate surface area is 120 Å². The molecule has 1 aliphatic heterocycles. The van der Waals surface area contributed by atoms with E-state index in [2.05, 4.69) is 39.3 Å². The van der Waals surface area contributed by atoms with E-state index in [1.54, 1.807) is 6.33 Å². The molecule has 1 atom stereocenters. The minimum Gasteiger partial charge on any atom is -0.373 e. The Hall–Kier alpha value is -1.85. The van der Waals surface area contributed by atoms with Crippen LogP contribution in [-0.4, -0.2) is 42.1 Å². The average Bonchev–Trinajstić information content (AvgIpc) is 2.45. The zero-order chi connectivity index (χ0) is 14.7. The van der Waals surface area contributed by atoms with Crippen molar-refractivity contribution in [2.45, 2.75) is 39.2 Å². The molecule has 1 aliphatic rings. The summed E-state index contributed by atoms with van der Waals surface area (Å²) in [6.45, 7) is 7.70. The van der Waals surface area contributed by atoms with Gasteiger partial charge in [-0.2, -0.15) is 0 Å². The van der Waals surface area contributed by atoms with Crippen LogP contribution < -0.4 is 15.5 Å². The highest BCUT2D eigenvalue weighted by Crippen LogP contribution is 2.32. The summed E-state index contributed by atoms with van der Waals surface area (Å²) in [6.07, 6.45) is 2.33. The van der Waals surface area contributed by atoms with Gasteiger partial charge in [-0.05, 0) is 12.3 Å². The van der Waals surface area contributed by atoms with E-state index in [1.165, 1.54) is 0 Å². The lowest BCUT2D eigenvalue weighted by molar-refractivity contribution is -0.123. The van der Waals surface area contributed by atoms with Gasteiger partial charge in [-0.15, -0.1) is 0 Å². The summed E-state index contributed by atoms with van der Waals surface area (Å²) in [6, 6.07) is -0.152. The number of anilines is 2. The van der Waals surface area contributed by atoms with Gasteiger partial charge in [-0.3, -0.25) is 4.79 Å². The first kappa shape index (κ1) is 14.6. The monoisotopic (exact) mass is 277 g/mol. The van der Waals surface area contributed by atoms with Crippen LogP contribution in [0.4, 0.5) is 11.6 Å². The molecule has 0 saturated carbocycles. The van der Waals surface area contributed by atoms with E-state index >= 15 is 0 Å². The molecule has 6 heteroatoms. The molecule has 1 saturated heterocycles. The second kappa shape index (κ2) is 6.07. The van der Waals surface area contributed by atoms with Crippen LogP contribution in [0.3, 0.4) is 0 Å². The van der Waals surface area contributed by atoms with Crippen molar-refractivity contribution in [2.24, 2.45) is 0 Å². The Balaban J connectivity index is 2.47. The quantitative estimate of drug-likeness (QED) is 0.869. The van der Waals surface area contributed by atoms with Crippen molar-refractivity contribution in [3.05, 3.63) is 11.9 Å². The van der Waals surface area contributed by atoms with Crippen molar-refractivity contribution < 1.29 is 4.79 Å². The number of hydrogen-bond donors (Lipinski definition) is 2. The zero-order valence-corrected chi connectivity index (χ0v) is 12.6. The number of nitrogens with one attached hydrogen (secondary N) is 2. The van der Waals surface area contributed by atoms with Crippen molar-refractivity contribution >= 4 is 17.5 Å². The molecular formula is C14H23N5O. The fourth-order valence-electron chi connectivity index (χ4n) is 2.72. The van der Waals surface area contributed by atoms with Gasteiger partial charge in [-0.25, -0.2) is 9.97 Å². The Morgan fingerprint density at radius 1 is 1.50 bits per heavy atom. The van der Waals surface area contributed by atoms with Crippen molar-refractivity contribution in [1.82, 2.24) is 15.3 Å². The average molecular weight is 277 g/mol. The normalized spacial score (nSPS) is 19.1. The lowest BCUT2D eigenvalue weighted by Gasteiger charge is -2.37. The highest BCUT2D eigenvalue weighted by Gasteiger charge is 2.31. The van der Waals surface area contributed by atoms with E-state index in [9.17, 15) is 4.79 Å². The third kappa shape index (κ3) is 2.55. The lowest BCUT2D eigenvalue weighted by Crippen LogP contribution is -2.55. The predicted octanol–water partition coefficient (Wildman–Crippen LogP) is 1.36. The number of carbonyl (C=O) groups is 1. The Morgan fingerprint density at radius 3 is 2.85 bits per heavy atom. The van der Waals surface area contributed by atoms with E-state index in [1.807, 2.05) is 14.0 Å². The summed E-state index contributed by atoms with van der Waals surface area (Å²) in [4.78, 5) is 22.9. The molecule has 0 bridgehead atoms. The maximum Gasteiger partial charge on any atom is 0.242 e. The first-order valence-electron chi connectivity index (χ1n) is 7.17. The number of aromatic nitrogens is 2. The van der Waals surface area contributed by atoms with Gasteiger partial charge in [0.1, 0.15) is 24.0 Å². The van der Waals surface area contributed by atoms with E-state index in [4.69, 9.17) is 0 Å². The van der Waals surface area contributed by atoms with Crippen LogP contribution in [0.1, 0.15) is 38.7 Å². The second-order valence-electron chi connectivity index (χ2n) is 5.27. The number of carbonyl (C=O) groups excluding carboxylic acids is 1. The topological polar surface area (TPSA) is 70.2 Å². The Kier molecular flexibility index (Phi) is 4.42. The van der Waals surface area contributed by atoms with Gasteiger partial charge in [0, 0.05) is 25.7 Å². The summed E-state index contributed by atoms with van der Waals surface area (Å²) >= 11 is 0. The SMILES string of the molecule is CCC1C(=O)NCCN1c1ncnc(NC)c1C(C)C. The van der Waals surface area contributed by atoms with Gasteiger partial charge in [0.05, 0.1) is 0 Å². The van der Waals surface area contributed by atoms with E-state index in [0.717, 1.165) is 30.2 Å². The number of hydrogen-bond acceptors (Lipinski definition) is 5. The maximum absolute atomic E-state index is 12.0. The van der Waals surface area contributed by atoms with Crippen molar-refractivity contribution in [3.63, 3.8) is 0 Å². The molecule has 2 N–H and O–H groups in total. The van der Waals surface area contributed by atoms with E-state index < -0.39 is 0 Å². The van der Waals surface area contributed by atoms with Crippen LogP contribution in [0.15, 0.2) is 6.33 Å². The van der Waals surface area contributed by atoms with Gasteiger partial charge >= 0.3 is 0 Å². The number of amides is 1. The van der Waals surface area contributed by atoms with Crippen LogP contribution in [0.5, 0.6) is 0 Å². The van der Waals surface area contributed by atoms with Crippen LogP contribution in [0.25, 0.3) is 0 Å². The number of rotatable bonds is 4. The maximum atomic E-state index is 12.0. The second-order valence-corrected chi connectivity index (χ2v) is 5.27. The van der Waals surface area contributed by atoms with E-state index in [-0.39, 0.29) is 17.9 Å². The Morgan fingerprint density at radius 2 is 2.25 bits per heavy atom. The van der Waals surface area contributed by atoms with Crippen molar-refractivity contribution in [2.75, 3.05) is 30.4 Å². The lowest BCUT2D eigenvalue weighted by atomic mass is 10.0. The van der Waals surface area contributed by atoms with Crippen LogP contribution in [-0.2, 0) is 4.79 Å². The smallest absolute Gasteiger partial charge is 0.242 e. The van der Waals surface area contributed by atoms with Gasteiger partial charge in [0.2, 0.25) is 5.91 Å². The molecular weight excluding hydrogens is 254 g/mol. The molecule has 2 heterocycles.